The zero-order valence-corrected chi connectivity index (χ0v) is 15.9. The van der Waals surface area contributed by atoms with Crippen LogP contribution in [-0.2, 0) is 0 Å². The van der Waals surface area contributed by atoms with Crippen LogP contribution in [0.15, 0.2) is 96.5 Å². The summed E-state index contributed by atoms with van der Waals surface area (Å²) in [7, 11) is 0. The lowest BCUT2D eigenvalue weighted by molar-refractivity contribution is 1.01. The van der Waals surface area contributed by atoms with Gasteiger partial charge in [-0.1, -0.05) is 30.3 Å². The molecule has 0 amide bonds. The van der Waals surface area contributed by atoms with Gasteiger partial charge in [-0.2, -0.15) is 0 Å². The van der Waals surface area contributed by atoms with Crippen molar-refractivity contribution in [3.05, 3.63) is 97.1 Å². The van der Waals surface area contributed by atoms with Crippen LogP contribution >= 0.6 is 0 Å². The standard InChI is InChI=1S/C24H16N6/c1-2-6-19-17(5-1)18-10-12-28(23(18)26-19)16-8-9-20-21(15-16)29-13-14-30(24(29)27-20)22-7-3-4-11-25-22/h1-15,18H. The molecule has 0 saturated carbocycles. The Bertz CT molecular complexity index is 1510. The Morgan fingerprint density at radius 3 is 2.77 bits per heavy atom. The summed E-state index contributed by atoms with van der Waals surface area (Å²) in [5.41, 5.74) is 5.43. The topological polar surface area (TPSA) is 50.7 Å². The molecule has 0 bridgehead atoms. The molecule has 2 aromatic carbocycles. The molecule has 6 nitrogen and oxygen atoms in total. The fourth-order valence-corrected chi connectivity index (χ4v) is 4.46. The molecule has 30 heavy (non-hydrogen) atoms. The minimum atomic E-state index is 0.229. The summed E-state index contributed by atoms with van der Waals surface area (Å²) in [6.45, 7) is 0. The first kappa shape index (κ1) is 15.7. The van der Waals surface area contributed by atoms with Crippen molar-refractivity contribution < 1.29 is 0 Å². The number of imidazole rings is 2. The van der Waals surface area contributed by atoms with E-state index in [-0.39, 0.29) is 5.92 Å². The number of benzene rings is 2. The summed E-state index contributed by atoms with van der Waals surface area (Å²) < 4.78 is 4.11. The van der Waals surface area contributed by atoms with E-state index >= 15 is 0 Å². The number of aromatic nitrogens is 4. The number of rotatable bonds is 2. The number of nitrogens with zero attached hydrogens (tertiary/aromatic N) is 6. The third-order valence-corrected chi connectivity index (χ3v) is 5.87. The average Bonchev–Trinajstić information content (AvgIpc) is 3.53. The molecular weight excluding hydrogens is 372 g/mol. The van der Waals surface area contributed by atoms with E-state index in [0.717, 1.165) is 39.8 Å². The molecule has 2 aliphatic rings. The van der Waals surface area contributed by atoms with Crippen LogP contribution in [0.25, 0.3) is 22.6 Å². The Morgan fingerprint density at radius 1 is 0.900 bits per heavy atom. The van der Waals surface area contributed by atoms with Crippen molar-refractivity contribution in [2.45, 2.75) is 5.92 Å². The number of amidine groups is 1. The minimum absolute atomic E-state index is 0.229. The van der Waals surface area contributed by atoms with E-state index < -0.39 is 0 Å². The Labute approximate surface area is 172 Å². The van der Waals surface area contributed by atoms with Gasteiger partial charge in [0.2, 0.25) is 5.78 Å². The second-order valence-corrected chi connectivity index (χ2v) is 7.53. The van der Waals surface area contributed by atoms with E-state index in [1.165, 1.54) is 5.56 Å². The third kappa shape index (κ3) is 2.05. The van der Waals surface area contributed by atoms with Crippen LogP contribution in [0.5, 0.6) is 0 Å². The SMILES string of the molecule is C1=CN(c2ccc3nc4n(-c5ccccn5)ccn4c3c2)C2=Nc3ccccc3C12. The Morgan fingerprint density at radius 2 is 1.83 bits per heavy atom. The second-order valence-electron chi connectivity index (χ2n) is 7.53. The number of para-hydroxylation sites is 1. The number of hydrogen-bond donors (Lipinski definition) is 0. The third-order valence-electron chi connectivity index (χ3n) is 5.87. The van der Waals surface area contributed by atoms with Crippen LogP contribution in [-0.4, -0.2) is 24.8 Å². The van der Waals surface area contributed by atoms with Gasteiger partial charge in [-0.15, -0.1) is 0 Å². The number of aliphatic imine (C=N–C) groups is 1. The quantitative estimate of drug-likeness (QED) is 0.435. The van der Waals surface area contributed by atoms with Crippen LogP contribution in [0.2, 0.25) is 0 Å². The molecule has 142 valence electrons. The lowest BCUT2D eigenvalue weighted by atomic mass is 10.0. The molecule has 7 rings (SSSR count). The Kier molecular flexibility index (Phi) is 2.97. The van der Waals surface area contributed by atoms with Crippen LogP contribution in [0.4, 0.5) is 11.4 Å². The molecule has 0 N–H and O–H groups in total. The highest BCUT2D eigenvalue weighted by molar-refractivity contribution is 6.12. The summed E-state index contributed by atoms with van der Waals surface area (Å²) in [4.78, 5) is 16.4. The fraction of sp³-hybridized carbons (Fsp3) is 0.0417. The highest BCUT2D eigenvalue weighted by atomic mass is 15.2. The smallest absolute Gasteiger partial charge is 0.220 e. The van der Waals surface area contributed by atoms with Gasteiger partial charge in [-0.25, -0.2) is 15.0 Å². The number of pyridine rings is 1. The predicted octanol–water partition coefficient (Wildman–Crippen LogP) is 4.83. The van der Waals surface area contributed by atoms with Crippen molar-refractivity contribution in [3.8, 4) is 5.82 Å². The molecule has 5 aromatic rings. The van der Waals surface area contributed by atoms with Gasteiger partial charge in [0.25, 0.3) is 0 Å². The van der Waals surface area contributed by atoms with Gasteiger partial charge in [-0.3, -0.25) is 8.97 Å². The highest BCUT2D eigenvalue weighted by Gasteiger charge is 2.33. The van der Waals surface area contributed by atoms with Crippen LogP contribution in [0.1, 0.15) is 11.5 Å². The zero-order valence-electron chi connectivity index (χ0n) is 15.9. The maximum absolute atomic E-state index is 4.89. The van der Waals surface area contributed by atoms with E-state index in [1.807, 2.05) is 41.2 Å². The Balaban J connectivity index is 1.35. The monoisotopic (exact) mass is 388 g/mol. The number of fused-ring (bicyclic) bond motifs is 6. The van der Waals surface area contributed by atoms with E-state index in [0.29, 0.717) is 0 Å². The van der Waals surface area contributed by atoms with Gasteiger partial charge in [0.05, 0.1) is 22.6 Å². The fourth-order valence-electron chi connectivity index (χ4n) is 4.46. The molecule has 1 atom stereocenters. The van der Waals surface area contributed by atoms with Gasteiger partial charge in [0.15, 0.2) is 0 Å². The average molecular weight is 388 g/mol. The van der Waals surface area contributed by atoms with E-state index in [2.05, 4.69) is 63.0 Å². The molecule has 1 unspecified atom stereocenters. The normalized spacial score (nSPS) is 17.0. The molecule has 6 heteroatoms. The molecule has 2 aliphatic heterocycles. The molecule has 5 heterocycles. The van der Waals surface area contributed by atoms with Crippen LogP contribution < -0.4 is 4.90 Å². The maximum atomic E-state index is 4.89. The molecule has 0 fully saturated rings. The highest BCUT2D eigenvalue weighted by Crippen LogP contribution is 2.42. The first-order valence-electron chi connectivity index (χ1n) is 9.92. The van der Waals surface area contributed by atoms with Crippen LogP contribution in [0, 0.1) is 0 Å². The largest absolute Gasteiger partial charge is 0.305 e. The lowest BCUT2D eigenvalue weighted by Gasteiger charge is -2.17. The van der Waals surface area contributed by atoms with Crippen molar-refractivity contribution in [3.63, 3.8) is 0 Å². The summed E-state index contributed by atoms with van der Waals surface area (Å²) in [5.74, 6) is 2.99. The minimum Gasteiger partial charge on any atom is -0.305 e. The predicted molar refractivity (Wildman–Crippen MR) is 118 cm³/mol. The van der Waals surface area contributed by atoms with Crippen molar-refractivity contribution in [2.75, 3.05) is 4.90 Å². The summed E-state index contributed by atoms with van der Waals surface area (Å²) in [6.07, 6.45) is 10.2. The van der Waals surface area contributed by atoms with Crippen LogP contribution in [0.3, 0.4) is 0 Å². The zero-order chi connectivity index (χ0) is 19.7. The van der Waals surface area contributed by atoms with Crippen molar-refractivity contribution >= 4 is 34.0 Å². The van der Waals surface area contributed by atoms with Gasteiger partial charge in [0.1, 0.15) is 11.7 Å². The van der Waals surface area contributed by atoms with Gasteiger partial charge < -0.3 is 4.90 Å². The molecule has 0 radical (unpaired) electrons. The summed E-state index contributed by atoms with van der Waals surface area (Å²) in [6, 6.07) is 20.6. The molecule has 0 spiro atoms. The lowest BCUT2D eigenvalue weighted by Crippen LogP contribution is -2.22. The summed E-state index contributed by atoms with van der Waals surface area (Å²) >= 11 is 0. The van der Waals surface area contributed by atoms with Gasteiger partial charge >= 0.3 is 0 Å². The molecular formula is C24H16N6. The Hall–Kier alpha value is -4.19. The maximum Gasteiger partial charge on any atom is 0.220 e. The van der Waals surface area contributed by atoms with Crippen molar-refractivity contribution in [2.24, 2.45) is 4.99 Å². The number of anilines is 1. The van der Waals surface area contributed by atoms with Crippen molar-refractivity contribution in [1.29, 1.82) is 0 Å². The first-order chi connectivity index (χ1) is 14.9. The van der Waals surface area contributed by atoms with E-state index in [9.17, 15) is 0 Å². The molecule has 0 aliphatic carbocycles. The van der Waals surface area contributed by atoms with Crippen molar-refractivity contribution in [1.82, 2.24) is 18.9 Å². The second kappa shape index (κ2) is 5.67. The van der Waals surface area contributed by atoms with E-state index in [4.69, 9.17) is 9.98 Å². The molecule has 3 aromatic heterocycles. The first-order valence-corrected chi connectivity index (χ1v) is 9.92. The summed E-state index contributed by atoms with van der Waals surface area (Å²) in [5, 5.41) is 0. The number of hydrogen-bond acceptors (Lipinski definition) is 4. The van der Waals surface area contributed by atoms with Gasteiger partial charge in [-0.05, 0) is 42.0 Å². The molecule has 0 saturated heterocycles. The van der Waals surface area contributed by atoms with Gasteiger partial charge in [0, 0.05) is 30.5 Å². The van der Waals surface area contributed by atoms with E-state index in [1.54, 1.807) is 6.20 Å².